The van der Waals surface area contributed by atoms with Crippen LogP contribution < -0.4 is 0 Å². The van der Waals surface area contributed by atoms with E-state index in [2.05, 4.69) is 10.6 Å². The second-order valence-corrected chi connectivity index (χ2v) is 1.75. The molecule has 4 nitrogen and oxygen atoms in total. The van der Waals surface area contributed by atoms with Crippen molar-refractivity contribution in [3.8, 4) is 0 Å². The van der Waals surface area contributed by atoms with Gasteiger partial charge in [-0.3, -0.25) is 5.12 Å². The molecule has 0 atom stereocenters. The summed E-state index contributed by atoms with van der Waals surface area (Å²) in [4.78, 5) is 0. The van der Waals surface area contributed by atoms with Crippen molar-refractivity contribution in [3.63, 3.8) is 0 Å². The molecule has 4 heteroatoms. The van der Waals surface area contributed by atoms with Crippen molar-refractivity contribution in [2.45, 2.75) is 6.92 Å². The molecule has 1 heterocycles. The largest absolute Gasteiger partial charge is 0.518 e. The first-order chi connectivity index (χ1) is 3.72. The summed E-state index contributed by atoms with van der Waals surface area (Å²) in [6, 6.07) is 0. The molecule has 0 radical (unpaired) electrons. The fourth-order valence-corrected chi connectivity index (χ4v) is 0.464. The first kappa shape index (κ1) is 5.37. The number of hydrazine groups is 1. The molecule has 0 spiro atoms. The minimum atomic E-state index is 0.924. The molecular formula is C4H9N4-. The minimum Gasteiger partial charge on any atom is -0.518 e. The summed E-state index contributed by atoms with van der Waals surface area (Å²) in [5, 5.41) is 7.33. The van der Waals surface area contributed by atoms with Crippen LogP contribution in [0.15, 0.2) is 5.10 Å². The molecule has 0 aromatic heterocycles. The maximum absolute atomic E-state index is 3.79. The lowest BCUT2D eigenvalue weighted by molar-refractivity contribution is 0.173. The first-order valence-corrected chi connectivity index (χ1v) is 2.44. The summed E-state index contributed by atoms with van der Waals surface area (Å²) < 4.78 is 0. The molecular weight excluding hydrogens is 104 g/mol. The summed E-state index contributed by atoms with van der Waals surface area (Å²) >= 11 is 0. The Labute approximate surface area is 48.7 Å². The van der Waals surface area contributed by atoms with Gasteiger partial charge in [-0.2, -0.15) is 0 Å². The van der Waals surface area contributed by atoms with Crippen LogP contribution in [0, 0.1) is 0 Å². The molecule has 0 aromatic rings. The molecule has 0 fully saturated rings. The summed E-state index contributed by atoms with van der Waals surface area (Å²) in [7, 11) is 3.76. The Balaban J connectivity index is 2.59. The van der Waals surface area contributed by atoms with Crippen molar-refractivity contribution in [2.75, 3.05) is 14.1 Å². The highest BCUT2D eigenvalue weighted by atomic mass is 15.9. The Kier molecular flexibility index (Phi) is 1.09. The molecule has 1 rings (SSSR count). The third-order valence-corrected chi connectivity index (χ3v) is 1.22. The molecule has 0 bridgehead atoms. The average Bonchev–Trinajstić information content (AvgIpc) is 1.98. The van der Waals surface area contributed by atoms with Gasteiger partial charge in [-0.1, -0.05) is 0 Å². The van der Waals surface area contributed by atoms with Crippen LogP contribution in [-0.2, 0) is 0 Å². The molecule has 0 amide bonds. The Hall–Kier alpha value is -0.770. The Bertz CT molecular complexity index is 119. The van der Waals surface area contributed by atoms with E-state index in [0.29, 0.717) is 0 Å². The van der Waals surface area contributed by atoms with Gasteiger partial charge in [-0.25, -0.2) is 0 Å². The Morgan fingerprint density at radius 3 is 2.25 bits per heavy atom. The zero-order valence-electron chi connectivity index (χ0n) is 5.29. The van der Waals surface area contributed by atoms with E-state index in [4.69, 9.17) is 0 Å². The SMILES string of the molecule is CC1=N[N-]N(C)N1C. The number of rotatable bonds is 0. The summed E-state index contributed by atoms with van der Waals surface area (Å²) in [6.07, 6.45) is 0. The maximum Gasteiger partial charge on any atom is 0.0950 e. The van der Waals surface area contributed by atoms with Gasteiger partial charge in [0.05, 0.1) is 5.84 Å². The van der Waals surface area contributed by atoms with Gasteiger partial charge >= 0.3 is 0 Å². The van der Waals surface area contributed by atoms with E-state index in [1.165, 1.54) is 0 Å². The van der Waals surface area contributed by atoms with E-state index in [1.807, 2.05) is 26.0 Å². The van der Waals surface area contributed by atoms with Crippen molar-refractivity contribution >= 4 is 5.84 Å². The van der Waals surface area contributed by atoms with E-state index in [0.717, 1.165) is 5.84 Å². The fraction of sp³-hybridized carbons (Fsp3) is 0.750. The van der Waals surface area contributed by atoms with Crippen LogP contribution >= 0.6 is 0 Å². The van der Waals surface area contributed by atoms with Gasteiger partial charge in [0, 0.05) is 7.05 Å². The van der Waals surface area contributed by atoms with Crippen LogP contribution in [-0.4, -0.2) is 30.1 Å². The van der Waals surface area contributed by atoms with Crippen molar-refractivity contribution in [1.29, 1.82) is 0 Å². The predicted molar refractivity (Wildman–Crippen MR) is 32.0 cm³/mol. The fourth-order valence-electron chi connectivity index (χ4n) is 0.464. The highest BCUT2D eigenvalue weighted by molar-refractivity contribution is 5.80. The summed E-state index contributed by atoms with van der Waals surface area (Å²) in [5.41, 5.74) is 3.75. The standard InChI is InChI=1S/C4H9N4/c1-4-5-6-8(3)7(4)2/h1-3H3/q-1. The van der Waals surface area contributed by atoms with E-state index >= 15 is 0 Å². The molecule has 8 heavy (non-hydrogen) atoms. The normalized spacial score (nSPS) is 20.9. The molecule has 0 saturated carbocycles. The minimum absolute atomic E-state index is 0.924. The molecule has 1 aliphatic rings. The van der Waals surface area contributed by atoms with E-state index in [1.54, 1.807) is 5.12 Å². The van der Waals surface area contributed by atoms with Gasteiger partial charge in [0.15, 0.2) is 0 Å². The average molecular weight is 113 g/mol. The van der Waals surface area contributed by atoms with Crippen LogP contribution in [0.1, 0.15) is 6.92 Å². The van der Waals surface area contributed by atoms with Crippen LogP contribution in [0.3, 0.4) is 0 Å². The van der Waals surface area contributed by atoms with E-state index in [9.17, 15) is 0 Å². The van der Waals surface area contributed by atoms with Gasteiger partial charge in [-0.05, 0) is 14.0 Å². The van der Waals surface area contributed by atoms with E-state index in [-0.39, 0.29) is 0 Å². The lowest BCUT2D eigenvalue weighted by Crippen LogP contribution is -2.30. The van der Waals surface area contributed by atoms with Crippen LogP contribution in [0.5, 0.6) is 0 Å². The molecule has 1 aliphatic heterocycles. The second kappa shape index (κ2) is 1.63. The quantitative estimate of drug-likeness (QED) is 0.455. The lowest BCUT2D eigenvalue weighted by atomic mass is 10.7. The van der Waals surface area contributed by atoms with Crippen molar-refractivity contribution in [3.05, 3.63) is 5.53 Å². The van der Waals surface area contributed by atoms with Crippen LogP contribution in [0.25, 0.3) is 5.53 Å². The molecule has 0 aromatic carbocycles. The number of amidine groups is 1. The monoisotopic (exact) mass is 113 g/mol. The molecule has 0 saturated heterocycles. The zero-order valence-corrected chi connectivity index (χ0v) is 5.29. The molecule has 0 aliphatic carbocycles. The number of hydrogen-bond donors (Lipinski definition) is 0. The van der Waals surface area contributed by atoms with Crippen LogP contribution in [0.4, 0.5) is 0 Å². The van der Waals surface area contributed by atoms with Crippen molar-refractivity contribution < 1.29 is 0 Å². The second-order valence-electron chi connectivity index (χ2n) is 1.75. The third kappa shape index (κ3) is 0.626. The third-order valence-electron chi connectivity index (χ3n) is 1.22. The van der Waals surface area contributed by atoms with Crippen molar-refractivity contribution in [1.82, 2.24) is 10.1 Å². The first-order valence-electron chi connectivity index (χ1n) is 2.44. The smallest absolute Gasteiger partial charge is 0.0950 e. The van der Waals surface area contributed by atoms with Gasteiger partial charge < -0.3 is 15.6 Å². The van der Waals surface area contributed by atoms with Crippen molar-refractivity contribution in [2.24, 2.45) is 5.10 Å². The summed E-state index contributed by atoms with van der Waals surface area (Å²) in [6.45, 7) is 1.91. The van der Waals surface area contributed by atoms with Gasteiger partial charge in [0.1, 0.15) is 0 Å². The topological polar surface area (TPSA) is 32.9 Å². The number of nitrogens with zero attached hydrogens (tertiary/aromatic N) is 4. The van der Waals surface area contributed by atoms with Crippen LogP contribution in [0.2, 0.25) is 0 Å². The Morgan fingerprint density at radius 2 is 2.12 bits per heavy atom. The lowest BCUT2D eigenvalue weighted by Gasteiger charge is -2.29. The Morgan fingerprint density at radius 1 is 1.50 bits per heavy atom. The predicted octanol–water partition coefficient (Wildman–Crippen LogP) is 0.401. The highest BCUT2D eigenvalue weighted by Crippen LogP contribution is 2.09. The number of hydrogen-bond acceptors (Lipinski definition) is 3. The zero-order chi connectivity index (χ0) is 6.15. The highest BCUT2D eigenvalue weighted by Gasteiger charge is 2.02. The molecule has 0 N–H and O–H groups in total. The molecule has 0 unspecified atom stereocenters. The van der Waals surface area contributed by atoms with Gasteiger partial charge in [-0.15, -0.1) is 0 Å². The van der Waals surface area contributed by atoms with Gasteiger partial charge in [0.25, 0.3) is 0 Å². The van der Waals surface area contributed by atoms with Gasteiger partial charge in [0.2, 0.25) is 0 Å². The maximum atomic E-state index is 3.79. The molecule has 46 valence electrons. The van der Waals surface area contributed by atoms with E-state index < -0.39 is 0 Å². The summed E-state index contributed by atoms with van der Waals surface area (Å²) in [5.74, 6) is 0.924.